The fourth-order valence-corrected chi connectivity index (χ4v) is 2.51. The first-order valence-electron chi connectivity index (χ1n) is 7.86. The van der Waals surface area contributed by atoms with Crippen molar-refractivity contribution in [1.82, 2.24) is 30.0 Å². The number of carbonyl (C=O) groups excluding carboxylic acids is 2. The Kier molecular flexibility index (Phi) is 4.99. The van der Waals surface area contributed by atoms with Gasteiger partial charge in [-0.15, -0.1) is 0 Å². The lowest BCUT2D eigenvalue weighted by atomic mass is 10.4. The molecule has 9 heteroatoms. The molecule has 2 aromatic heterocycles. The van der Waals surface area contributed by atoms with E-state index in [0.717, 1.165) is 19.4 Å². The van der Waals surface area contributed by atoms with E-state index in [2.05, 4.69) is 25.7 Å². The van der Waals surface area contributed by atoms with Crippen molar-refractivity contribution in [3.63, 3.8) is 0 Å². The molecule has 0 aromatic carbocycles. The van der Waals surface area contributed by atoms with Crippen LogP contribution in [0.3, 0.4) is 0 Å². The normalized spacial score (nSPS) is 14.0. The fourth-order valence-electron chi connectivity index (χ4n) is 2.51. The summed E-state index contributed by atoms with van der Waals surface area (Å²) < 4.78 is 1.53. The molecule has 2 aromatic rings. The maximum Gasteiger partial charge on any atom is 0.319 e. The summed E-state index contributed by atoms with van der Waals surface area (Å²) in [5.41, 5.74) is 0.589. The summed E-state index contributed by atoms with van der Waals surface area (Å²) in [6.45, 7) is 2.03. The summed E-state index contributed by atoms with van der Waals surface area (Å²) >= 11 is 0. The Morgan fingerprint density at radius 1 is 1.33 bits per heavy atom. The third-order valence-corrected chi connectivity index (χ3v) is 3.72. The van der Waals surface area contributed by atoms with E-state index in [4.69, 9.17) is 0 Å². The van der Waals surface area contributed by atoms with E-state index in [1.807, 2.05) is 4.90 Å². The van der Waals surface area contributed by atoms with E-state index >= 15 is 0 Å². The van der Waals surface area contributed by atoms with Crippen molar-refractivity contribution in [1.29, 1.82) is 0 Å². The number of likely N-dealkylation sites (tertiary alicyclic amines) is 1. The van der Waals surface area contributed by atoms with E-state index in [-0.39, 0.29) is 11.9 Å². The van der Waals surface area contributed by atoms with Gasteiger partial charge < -0.3 is 15.5 Å². The van der Waals surface area contributed by atoms with E-state index in [9.17, 15) is 9.59 Å². The molecule has 126 valence electrons. The smallest absolute Gasteiger partial charge is 0.319 e. The average molecular weight is 329 g/mol. The highest BCUT2D eigenvalue weighted by Gasteiger charge is 2.18. The highest BCUT2D eigenvalue weighted by Crippen LogP contribution is 2.10. The maximum absolute atomic E-state index is 11.8. The molecule has 0 aliphatic carbocycles. The van der Waals surface area contributed by atoms with Gasteiger partial charge in [0.1, 0.15) is 12.7 Å². The van der Waals surface area contributed by atoms with Gasteiger partial charge in [-0.3, -0.25) is 4.79 Å². The first-order valence-corrected chi connectivity index (χ1v) is 7.86. The molecule has 24 heavy (non-hydrogen) atoms. The monoisotopic (exact) mass is 329 g/mol. The van der Waals surface area contributed by atoms with E-state index in [0.29, 0.717) is 31.0 Å². The van der Waals surface area contributed by atoms with Crippen LogP contribution in [0.5, 0.6) is 0 Å². The second-order valence-electron chi connectivity index (χ2n) is 5.46. The number of hydrogen-bond donors (Lipinski definition) is 2. The summed E-state index contributed by atoms with van der Waals surface area (Å²) in [5.74, 6) is 0.826. The molecule has 1 aliphatic heterocycles. The Labute approximate surface area is 139 Å². The van der Waals surface area contributed by atoms with Crippen molar-refractivity contribution < 1.29 is 9.59 Å². The molecule has 2 N–H and O–H groups in total. The van der Waals surface area contributed by atoms with Gasteiger partial charge in [-0.05, 0) is 25.0 Å². The minimum Gasteiger partial charge on any atom is -0.343 e. The van der Waals surface area contributed by atoms with Crippen LogP contribution in [-0.4, -0.2) is 56.2 Å². The Bertz CT molecular complexity index is 684. The third kappa shape index (κ3) is 4.06. The van der Waals surface area contributed by atoms with Crippen LogP contribution in [0.4, 0.5) is 10.5 Å². The summed E-state index contributed by atoms with van der Waals surface area (Å²) in [5, 5.41) is 9.46. The number of rotatable bonds is 6. The Hall–Kier alpha value is -2.97. The standard InChI is InChI=1S/C15H19N7O2/c23-14-3-1-7-21(14)8-2-6-17-15(24)20-12-4-5-13(18-9-12)22-11-16-10-19-22/h4-5,9-11H,1-3,6-8H2,(H2,17,20,24). The molecule has 1 aliphatic rings. The van der Waals surface area contributed by atoms with Crippen LogP contribution < -0.4 is 10.6 Å². The van der Waals surface area contributed by atoms with E-state index in [1.165, 1.54) is 11.0 Å². The van der Waals surface area contributed by atoms with Crippen LogP contribution in [-0.2, 0) is 4.79 Å². The molecule has 3 rings (SSSR count). The Morgan fingerprint density at radius 3 is 2.92 bits per heavy atom. The molecular weight excluding hydrogens is 310 g/mol. The van der Waals surface area contributed by atoms with Crippen molar-refractivity contribution in [2.75, 3.05) is 25.0 Å². The van der Waals surface area contributed by atoms with Crippen LogP contribution >= 0.6 is 0 Å². The van der Waals surface area contributed by atoms with Gasteiger partial charge in [-0.2, -0.15) is 5.10 Å². The Balaban J connectivity index is 1.39. The number of pyridine rings is 1. The number of nitrogens with one attached hydrogen (secondary N) is 2. The first-order chi connectivity index (χ1) is 11.7. The Morgan fingerprint density at radius 2 is 2.25 bits per heavy atom. The number of amides is 3. The average Bonchev–Trinajstić information content (AvgIpc) is 3.24. The van der Waals surface area contributed by atoms with Crippen LogP contribution in [0, 0.1) is 0 Å². The van der Waals surface area contributed by atoms with Gasteiger partial charge >= 0.3 is 6.03 Å². The van der Waals surface area contributed by atoms with Gasteiger partial charge in [0, 0.05) is 26.1 Å². The lowest BCUT2D eigenvalue weighted by Gasteiger charge is -2.15. The summed E-state index contributed by atoms with van der Waals surface area (Å²) in [7, 11) is 0. The second kappa shape index (κ2) is 7.53. The number of hydrogen-bond acceptors (Lipinski definition) is 5. The highest BCUT2D eigenvalue weighted by molar-refractivity contribution is 5.89. The molecule has 0 spiro atoms. The minimum atomic E-state index is -0.293. The van der Waals surface area contributed by atoms with Gasteiger partial charge in [0.15, 0.2) is 5.82 Å². The van der Waals surface area contributed by atoms with Crippen molar-refractivity contribution in [3.05, 3.63) is 31.0 Å². The topological polar surface area (TPSA) is 105 Å². The first kappa shape index (κ1) is 15.9. The largest absolute Gasteiger partial charge is 0.343 e. The molecular formula is C15H19N7O2. The van der Waals surface area contributed by atoms with Gasteiger partial charge in [0.25, 0.3) is 0 Å². The number of aromatic nitrogens is 4. The summed E-state index contributed by atoms with van der Waals surface area (Å²) in [4.78, 5) is 33.2. The molecule has 0 saturated carbocycles. The maximum atomic E-state index is 11.8. The molecule has 0 atom stereocenters. The van der Waals surface area contributed by atoms with Gasteiger partial charge in [-0.25, -0.2) is 19.4 Å². The van der Waals surface area contributed by atoms with Crippen LogP contribution in [0.1, 0.15) is 19.3 Å². The van der Waals surface area contributed by atoms with Gasteiger partial charge in [-0.1, -0.05) is 0 Å². The van der Waals surface area contributed by atoms with Crippen molar-refractivity contribution in [2.24, 2.45) is 0 Å². The third-order valence-electron chi connectivity index (χ3n) is 3.72. The number of carbonyl (C=O) groups is 2. The van der Waals surface area contributed by atoms with Gasteiger partial charge in [0.2, 0.25) is 5.91 Å². The molecule has 3 amide bonds. The summed E-state index contributed by atoms with van der Waals surface area (Å²) in [6, 6.07) is 3.19. The van der Waals surface area contributed by atoms with Crippen molar-refractivity contribution in [3.8, 4) is 5.82 Å². The number of nitrogens with zero attached hydrogens (tertiary/aromatic N) is 5. The van der Waals surface area contributed by atoms with Crippen molar-refractivity contribution in [2.45, 2.75) is 19.3 Å². The van der Waals surface area contributed by atoms with E-state index in [1.54, 1.807) is 24.7 Å². The van der Waals surface area contributed by atoms with Crippen molar-refractivity contribution >= 4 is 17.6 Å². The number of anilines is 1. The van der Waals surface area contributed by atoms with Crippen LogP contribution in [0.15, 0.2) is 31.0 Å². The predicted molar refractivity (Wildman–Crippen MR) is 86.6 cm³/mol. The molecule has 3 heterocycles. The zero-order chi connectivity index (χ0) is 16.8. The minimum absolute atomic E-state index is 0.206. The molecule has 0 bridgehead atoms. The van der Waals surface area contributed by atoms with Crippen LogP contribution in [0.25, 0.3) is 5.82 Å². The van der Waals surface area contributed by atoms with Crippen LogP contribution in [0.2, 0.25) is 0 Å². The van der Waals surface area contributed by atoms with E-state index < -0.39 is 0 Å². The molecule has 0 unspecified atom stereocenters. The zero-order valence-electron chi connectivity index (χ0n) is 13.2. The number of urea groups is 1. The molecule has 1 saturated heterocycles. The molecule has 0 radical (unpaired) electrons. The lowest BCUT2D eigenvalue weighted by Crippen LogP contribution is -2.33. The zero-order valence-corrected chi connectivity index (χ0v) is 13.2. The second-order valence-corrected chi connectivity index (χ2v) is 5.46. The fraction of sp³-hybridized carbons (Fsp3) is 0.400. The predicted octanol–water partition coefficient (Wildman–Crippen LogP) is 0.796. The highest BCUT2D eigenvalue weighted by atomic mass is 16.2. The lowest BCUT2D eigenvalue weighted by molar-refractivity contribution is -0.127. The van der Waals surface area contributed by atoms with Gasteiger partial charge in [0.05, 0.1) is 11.9 Å². The SMILES string of the molecule is O=C(NCCCN1CCCC1=O)Nc1ccc(-n2cncn2)nc1. The molecule has 9 nitrogen and oxygen atoms in total. The quantitative estimate of drug-likeness (QED) is 0.763. The molecule has 1 fully saturated rings. The summed E-state index contributed by atoms with van der Waals surface area (Å²) in [6.07, 6.45) is 6.85.